The third kappa shape index (κ3) is 2.37. The molecule has 0 bridgehead atoms. The highest BCUT2D eigenvalue weighted by Gasteiger charge is 2.48. The minimum Gasteiger partial charge on any atom is -0.480 e. The van der Waals surface area contributed by atoms with Crippen LogP contribution in [0.2, 0.25) is 0 Å². The Morgan fingerprint density at radius 2 is 1.81 bits per heavy atom. The predicted molar refractivity (Wildman–Crippen MR) is 80.2 cm³/mol. The SMILES string of the molecule is CC(NC(=O)c1cccc2ccccc12)(C(=O)O)C1CC1. The summed E-state index contributed by atoms with van der Waals surface area (Å²) in [6.45, 7) is 1.59. The Kier molecular flexibility index (Phi) is 3.16. The van der Waals surface area contributed by atoms with E-state index in [-0.39, 0.29) is 11.8 Å². The molecule has 4 nitrogen and oxygen atoms in total. The zero-order valence-corrected chi connectivity index (χ0v) is 11.8. The number of hydrogen-bond donors (Lipinski definition) is 2. The number of amides is 1. The number of carbonyl (C=O) groups excluding carboxylic acids is 1. The van der Waals surface area contributed by atoms with Crippen LogP contribution in [0.3, 0.4) is 0 Å². The van der Waals surface area contributed by atoms with Crippen molar-refractivity contribution in [2.45, 2.75) is 25.3 Å². The summed E-state index contributed by atoms with van der Waals surface area (Å²) in [5.41, 5.74) is -0.671. The van der Waals surface area contributed by atoms with E-state index < -0.39 is 11.5 Å². The fraction of sp³-hybridized carbons (Fsp3) is 0.294. The van der Waals surface area contributed by atoms with E-state index in [4.69, 9.17) is 0 Å². The number of nitrogens with one attached hydrogen (secondary N) is 1. The summed E-state index contributed by atoms with van der Waals surface area (Å²) in [6, 6.07) is 13.1. The summed E-state index contributed by atoms with van der Waals surface area (Å²) in [7, 11) is 0. The maximum Gasteiger partial charge on any atom is 0.329 e. The first-order valence-corrected chi connectivity index (χ1v) is 7.06. The Labute approximate surface area is 122 Å². The van der Waals surface area contributed by atoms with E-state index >= 15 is 0 Å². The number of carboxylic acids is 1. The van der Waals surface area contributed by atoms with Gasteiger partial charge in [-0.1, -0.05) is 36.4 Å². The van der Waals surface area contributed by atoms with E-state index in [1.54, 1.807) is 13.0 Å². The van der Waals surface area contributed by atoms with E-state index in [2.05, 4.69) is 5.32 Å². The lowest BCUT2D eigenvalue weighted by Crippen LogP contribution is -2.54. The molecular weight excluding hydrogens is 266 g/mol. The number of carboxylic acid groups (broad SMARTS) is 1. The van der Waals surface area contributed by atoms with Gasteiger partial charge in [-0.3, -0.25) is 4.79 Å². The van der Waals surface area contributed by atoms with Gasteiger partial charge < -0.3 is 10.4 Å². The van der Waals surface area contributed by atoms with Crippen LogP contribution in [0, 0.1) is 5.92 Å². The van der Waals surface area contributed by atoms with Crippen molar-refractivity contribution in [3.8, 4) is 0 Å². The Hall–Kier alpha value is -2.36. The largest absolute Gasteiger partial charge is 0.480 e. The zero-order chi connectivity index (χ0) is 15.0. The Morgan fingerprint density at radius 3 is 2.48 bits per heavy atom. The molecule has 0 saturated heterocycles. The lowest BCUT2D eigenvalue weighted by atomic mass is 9.94. The molecule has 0 aromatic heterocycles. The average molecular weight is 283 g/mol. The van der Waals surface area contributed by atoms with Gasteiger partial charge in [0, 0.05) is 5.56 Å². The van der Waals surface area contributed by atoms with Crippen molar-refractivity contribution < 1.29 is 14.7 Å². The van der Waals surface area contributed by atoms with Gasteiger partial charge in [-0.2, -0.15) is 0 Å². The Morgan fingerprint density at radius 1 is 1.14 bits per heavy atom. The van der Waals surface area contributed by atoms with Crippen molar-refractivity contribution in [1.82, 2.24) is 5.32 Å². The van der Waals surface area contributed by atoms with Gasteiger partial charge in [0.2, 0.25) is 0 Å². The van der Waals surface area contributed by atoms with Crippen LogP contribution in [0.1, 0.15) is 30.1 Å². The topological polar surface area (TPSA) is 66.4 Å². The van der Waals surface area contributed by atoms with Crippen LogP contribution in [0.4, 0.5) is 0 Å². The predicted octanol–water partition coefficient (Wildman–Crippen LogP) is 2.82. The number of fused-ring (bicyclic) bond motifs is 1. The summed E-state index contributed by atoms with van der Waals surface area (Å²) in [5.74, 6) is -1.28. The number of benzene rings is 2. The molecule has 1 amide bonds. The van der Waals surface area contributed by atoms with Crippen LogP contribution < -0.4 is 5.32 Å². The first kappa shape index (κ1) is 13.6. The number of carbonyl (C=O) groups is 2. The minimum absolute atomic E-state index is 0.0222. The summed E-state index contributed by atoms with van der Waals surface area (Å²) in [4.78, 5) is 24.1. The van der Waals surface area contributed by atoms with Gasteiger partial charge in [0.1, 0.15) is 5.54 Å². The molecule has 21 heavy (non-hydrogen) atoms. The van der Waals surface area contributed by atoms with Crippen LogP contribution in [0.25, 0.3) is 10.8 Å². The first-order valence-electron chi connectivity index (χ1n) is 7.06. The minimum atomic E-state index is -1.19. The van der Waals surface area contributed by atoms with Gasteiger partial charge in [-0.05, 0) is 42.5 Å². The second-order valence-corrected chi connectivity index (χ2v) is 5.76. The summed E-state index contributed by atoms with van der Waals surface area (Å²) in [5, 5.41) is 14.0. The summed E-state index contributed by atoms with van der Waals surface area (Å²) < 4.78 is 0. The molecule has 2 aromatic carbocycles. The Balaban J connectivity index is 1.96. The van der Waals surface area contributed by atoms with Crippen LogP contribution >= 0.6 is 0 Å². The molecule has 1 fully saturated rings. The number of hydrogen-bond acceptors (Lipinski definition) is 2. The molecule has 2 N–H and O–H groups in total. The average Bonchev–Trinajstić information content (AvgIpc) is 3.31. The second-order valence-electron chi connectivity index (χ2n) is 5.76. The summed E-state index contributed by atoms with van der Waals surface area (Å²) >= 11 is 0. The fourth-order valence-corrected chi connectivity index (χ4v) is 2.72. The standard InChI is InChI=1S/C17H17NO3/c1-17(16(20)21,12-9-10-12)18-15(19)14-8-4-6-11-5-2-3-7-13(11)14/h2-8,12H,9-10H2,1H3,(H,18,19)(H,20,21). The van der Waals surface area contributed by atoms with Crippen molar-refractivity contribution in [1.29, 1.82) is 0 Å². The lowest BCUT2D eigenvalue weighted by molar-refractivity contribution is -0.144. The van der Waals surface area contributed by atoms with Gasteiger partial charge in [0.15, 0.2) is 0 Å². The molecule has 108 valence electrons. The third-order valence-corrected chi connectivity index (χ3v) is 4.25. The first-order chi connectivity index (χ1) is 10.0. The van der Waals surface area contributed by atoms with E-state index in [1.165, 1.54) is 0 Å². The molecule has 4 heteroatoms. The molecule has 3 rings (SSSR count). The molecular formula is C17H17NO3. The van der Waals surface area contributed by atoms with Crippen molar-refractivity contribution in [2.24, 2.45) is 5.92 Å². The van der Waals surface area contributed by atoms with Gasteiger partial charge in [0.25, 0.3) is 5.91 Å². The molecule has 0 radical (unpaired) electrons. The molecule has 0 heterocycles. The van der Waals surface area contributed by atoms with E-state index in [9.17, 15) is 14.7 Å². The lowest BCUT2D eigenvalue weighted by Gasteiger charge is -2.26. The third-order valence-electron chi connectivity index (χ3n) is 4.25. The maximum atomic E-state index is 12.5. The van der Waals surface area contributed by atoms with Gasteiger partial charge in [-0.15, -0.1) is 0 Å². The monoisotopic (exact) mass is 283 g/mol. The zero-order valence-electron chi connectivity index (χ0n) is 11.8. The number of aliphatic carboxylic acids is 1. The highest BCUT2D eigenvalue weighted by Crippen LogP contribution is 2.40. The van der Waals surface area contributed by atoms with Gasteiger partial charge in [-0.25, -0.2) is 4.79 Å². The molecule has 0 spiro atoms. The molecule has 1 aliphatic rings. The number of rotatable bonds is 4. The van der Waals surface area contributed by atoms with E-state index in [0.29, 0.717) is 5.56 Å². The fourth-order valence-electron chi connectivity index (χ4n) is 2.72. The Bertz CT molecular complexity index is 716. The van der Waals surface area contributed by atoms with Crippen molar-refractivity contribution in [3.63, 3.8) is 0 Å². The quantitative estimate of drug-likeness (QED) is 0.906. The second kappa shape index (κ2) is 4.88. The normalized spacial score (nSPS) is 17.2. The smallest absolute Gasteiger partial charge is 0.329 e. The molecule has 0 aliphatic heterocycles. The summed E-state index contributed by atoms with van der Waals surface area (Å²) in [6.07, 6.45) is 1.69. The highest BCUT2D eigenvalue weighted by atomic mass is 16.4. The van der Waals surface area contributed by atoms with Crippen molar-refractivity contribution in [3.05, 3.63) is 48.0 Å². The van der Waals surface area contributed by atoms with E-state index in [1.807, 2.05) is 36.4 Å². The molecule has 2 aromatic rings. The molecule has 1 aliphatic carbocycles. The van der Waals surface area contributed by atoms with Crippen LogP contribution in [-0.2, 0) is 4.79 Å². The van der Waals surface area contributed by atoms with Crippen molar-refractivity contribution in [2.75, 3.05) is 0 Å². The van der Waals surface area contributed by atoms with Crippen LogP contribution in [0.5, 0.6) is 0 Å². The van der Waals surface area contributed by atoms with Crippen molar-refractivity contribution >= 4 is 22.6 Å². The maximum absolute atomic E-state index is 12.5. The molecule has 1 saturated carbocycles. The van der Waals surface area contributed by atoms with Crippen LogP contribution in [0.15, 0.2) is 42.5 Å². The van der Waals surface area contributed by atoms with E-state index in [0.717, 1.165) is 23.6 Å². The van der Waals surface area contributed by atoms with Crippen LogP contribution in [-0.4, -0.2) is 22.5 Å². The highest BCUT2D eigenvalue weighted by molar-refractivity contribution is 6.08. The van der Waals surface area contributed by atoms with Gasteiger partial charge in [0.05, 0.1) is 0 Å². The van der Waals surface area contributed by atoms with Gasteiger partial charge >= 0.3 is 5.97 Å². The molecule has 1 atom stereocenters. The molecule has 1 unspecified atom stereocenters.